The van der Waals surface area contributed by atoms with E-state index in [0.29, 0.717) is 15.6 Å². The monoisotopic (exact) mass is 283 g/mol. The Morgan fingerprint density at radius 3 is 2.83 bits per heavy atom. The predicted octanol–water partition coefficient (Wildman–Crippen LogP) is 4.08. The molecule has 18 heavy (non-hydrogen) atoms. The van der Waals surface area contributed by atoms with E-state index in [1.807, 2.05) is 0 Å². The Morgan fingerprint density at radius 1 is 1.39 bits per heavy atom. The fourth-order valence-electron chi connectivity index (χ4n) is 1.49. The summed E-state index contributed by atoms with van der Waals surface area (Å²) in [6.45, 7) is 1.60. The largest absolute Gasteiger partial charge is 0.389 e. The lowest BCUT2D eigenvalue weighted by Gasteiger charge is -2.11. The van der Waals surface area contributed by atoms with Crippen LogP contribution in [0.2, 0.25) is 5.02 Å². The highest BCUT2D eigenvalue weighted by molar-refractivity contribution is 7.99. The second kappa shape index (κ2) is 5.69. The molecule has 0 aliphatic heterocycles. The van der Waals surface area contributed by atoms with Gasteiger partial charge in [-0.1, -0.05) is 23.4 Å². The first kappa shape index (κ1) is 13.3. The third-order valence-corrected chi connectivity index (χ3v) is 3.88. The SMILES string of the molecule is C[C@H](O)c1cc(F)ccc1Sc1ncccc1Cl. The van der Waals surface area contributed by atoms with E-state index in [1.54, 1.807) is 31.3 Å². The van der Waals surface area contributed by atoms with Crippen LogP contribution in [-0.4, -0.2) is 10.1 Å². The first-order valence-corrected chi connectivity index (χ1v) is 6.53. The average Bonchev–Trinajstić information content (AvgIpc) is 2.34. The van der Waals surface area contributed by atoms with Gasteiger partial charge < -0.3 is 5.11 Å². The van der Waals surface area contributed by atoms with E-state index in [0.717, 1.165) is 4.90 Å². The highest BCUT2D eigenvalue weighted by atomic mass is 35.5. The van der Waals surface area contributed by atoms with E-state index in [2.05, 4.69) is 4.98 Å². The Bertz CT molecular complexity index is 562. The topological polar surface area (TPSA) is 33.1 Å². The fraction of sp³-hybridized carbons (Fsp3) is 0.154. The van der Waals surface area contributed by atoms with Gasteiger partial charge in [0.15, 0.2) is 0 Å². The molecule has 94 valence electrons. The molecule has 0 saturated heterocycles. The fourth-order valence-corrected chi connectivity index (χ4v) is 2.70. The zero-order valence-electron chi connectivity index (χ0n) is 9.60. The van der Waals surface area contributed by atoms with E-state index in [9.17, 15) is 9.50 Å². The van der Waals surface area contributed by atoms with Crippen molar-refractivity contribution in [2.75, 3.05) is 0 Å². The Hall–Kier alpha value is -1.10. The van der Waals surface area contributed by atoms with Crippen LogP contribution in [0.4, 0.5) is 4.39 Å². The summed E-state index contributed by atoms with van der Waals surface area (Å²) < 4.78 is 13.2. The minimum absolute atomic E-state index is 0.373. The van der Waals surface area contributed by atoms with Crippen LogP contribution in [0.5, 0.6) is 0 Å². The number of hydrogen-bond acceptors (Lipinski definition) is 3. The van der Waals surface area contributed by atoms with Gasteiger partial charge in [0.05, 0.1) is 11.1 Å². The van der Waals surface area contributed by atoms with Gasteiger partial charge in [0, 0.05) is 11.1 Å². The van der Waals surface area contributed by atoms with Gasteiger partial charge in [0.25, 0.3) is 0 Å². The summed E-state index contributed by atoms with van der Waals surface area (Å²) in [5.41, 5.74) is 0.529. The van der Waals surface area contributed by atoms with Gasteiger partial charge in [-0.15, -0.1) is 0 Å². The summed E-state index contributed by atoms with van der Waals surface area (Å²) in [6, 6.07) is 7.77. The summed E-state index contributed by atoms with van der Waals surface area (Å²) in [5, 5.41) is 10.8. The summed E-state index contributed by atoms with van der Waals surface area (Å²) >= 11 is 7.33. The van der Waals surface area contributed by atoms with Crippen LogP contribution in [0.1, 0.15) is 18.6 Å². The molecule has 1 N–H and O–H groups in total. The van der Waals surface area contributed by atoms with Crippen LogP contribution in [0.25, 0.3) is 0 Å². The van der Waals surface area contributed by atoms with Crippen molar-refractivity contribution >= 4 is 23.4 Å². The Balaban J connectivity index is 2.37. The molecule has 0 fully saturated rings. The summed E-state index contributed by atoms with van der Waals surface area (Å²) in [6.07, 6.45) is 0.894. The van der Waals surface area contributed by atoms with Crippen LogP contribution in [0.3, 0.4) is 0 Å². The van der Waals surface area contributed by atoms with Crippen LogP contribution < -0.4 is 0 Å². The van der Waals surface area contributed by atoms with Gasteiger partial charge in [-0.25, -0.2) is 9.37 Å². The molecular weight excluding hydrogens is 273 g/mol. The zero-order chi connectivity index (χ0) is 13.1. The van der Waals surface area contributed by atoms with Crippen molar-refractivity contribution in [3.05, 3.63) is 52.9 Å². The van der Waals surface area contributed by atoms with Gasteiger partial charge in [0.2, 0.25) is 0 Å². The van der Waals surface area contributed by atoms with E-state index in [-0.39, 0.29) is 5.82 Å². The van der Waals surface area contributed by atoms with Gasteiger partial charge in [-0.05, 0) is 42.8 Å². The molecule has 0 aliphatic carbocycles. The maximum Gasteiger partial charge on any atom is 0.123 e. The third kappa shape index (κ3) is 3.02. The molecule has 0 amide bonds. The lowest BCUT2D eigenvalue weighted by atomic mass is 10.1. The van der Waals surface area contributed by atoms with Gasteiger partial charge in [0.1, 0.15) is 10.8 Å². The third-order valence-electron chi connectivity index (χ3n) is 2.35. The molecule has 2 nitrogen and oxygen atoms in total. The van der Waals surface area contributed by atoms with Crippen molar-refractivity contribution in [3.8, 4) is 0 Å². The minimum atomic E-state index is -0.745. The number of aromatic nitrogens is 1. The number of rotatable bonds is 3. The van der Waals surface area contributed by atoms with Crippen molar-refractivity contribution in [1.29, 1.82) is 0 Å². The summed E-state index contributed by atoms with van der Waals surface area (Å²) in [7, 11) is 0. The molecule has 0 saturated carbocycles. The molecule has 0 unspecified atom stereocenters. The summed E-state index contributed by atoms with van der Waals surface area (Å²) in [5.74, 6) is -0.373. The van der Waals surface area contributed by atoms with Crippen molar-refractivity contribution in [3.63, 3.8) is 0 Å². The zero-order valence-corrected chi connectivity index (χ0v) is 11.2. The maximum absolute atomic E-state index is 13.2. The molecule has 1 aromatic carbocycles. The van der Waals surface area contributed by atoms with Gasteiger partial charge in [-0.2, -0.15) is 0 Å². The molecule has 0 bridgehead atoms. The predicted molar refractivity (Wildman–Crippen MR) is 70.4 cm³/mol. The van der Waals surface area contributed by atoms with Crippen LogP contribution in [0.15, 0.2) is 46.5 Å². The number of hydrogen-bond donors (Lipinski definition) is 1. The highest BCUT2D eigenvalue weighted by Gasteiger charge is 2.12. The van der Waals surface area contributed by atoms with Crippen LogP contribution in [0, 0.1) is 5.82 Å². The number of nitrogens with zero attached hydrogens (tertiary/aromatic N) is 1. The molecule has 1 atom stereocenters. The number of aliphatic hydroxyl groups is 1. The molecular formula is C13H11ClFNOS. The first-order chi connectivity index (χ1) is 8.58. The van der Waals surface area contributed by atoms with E-state index >= 15 is 0 Å². The molecule has 0 spiro atoms. The lowest BCUT2D eigenvalue weighted by molar-refractivity contribution is 0.196. The second-order valence-corrected chi connectivity index (χ2v) is 5.19. The minimum Gasteiger partial charge on any atom is -0.389 e. The normalized spacial score (nSPS) is 12.4. The van der Waals surface area contributed by atoms with Crippen LogP contribution >= 0.6 is 23.4 Å². The number of aliphatic hydroxyl groups excluding tert-OH is 1. The molecule has 2 aromatic rings. The standard InChI is InChI=1S/C13H11ClFNOS/c1-8(17)10-7-9(15)4-5-12(10)18-13-11(14)3-2-6-16-13/h2-8,17H,1H3/t8-/m0/s1. The maximum atomic E-state index is 13.2. The smallest absolute Gasteiger partial charge is 0.123 e. The van der Waals surface area contributed by atoms with Crippen LogP contribution in [-0.2, 0) is 0 Å². The van der Waals surface area contributed by atoms with E-state index in [1.165, 1.54) is 23.9 Å². The lowest BCUT2D eigenvalue weighted by Crippen LogP contribution is -1.95. The summed E-state index contributed by atoms with van der Waals surface area (Å²) in [4.78, 5) is 4.89. The first-order valence-electron chi connectivity index (χ1n) is 5.34. The van der Waals surface area contributed by atoms with Gasteiger partial charge >= 0.3 is 0 Å². The molecule has 1 aromatic heterocycles. The number of benzene rings is 1. The van der Waals surface area contributed by atoms with Crippen molar-refractivity contribution < 1.29 is 9.50 Å². The molecule has 0 aliphatic rings. The Kier molecular flexibility index (Phi) is 4.22. The van der Waals surface area contributed by atoms with Crippen molar-refractivity contribution in [2.45, 2.75) is 22.9 Å². The van der Waals surface area contributed by atoms with E-state index in [4.69, 9.17) is 11.6 Å². The Labute approximate surface area is 114 Å². The van der Waals surface area contributed by atoms with Gasteiger partial charge in [-0.3, -0.25) is 0 Å². The number of halogens is 2. The Morgan fingerprint density at radius 2 is 2.17 bits per heavy atom. The highest BCUT2D eigenvalue weighted by Crippen LogP contribution is 2.35. The van der Waals surface area contributed by atoms with E-state index < -0.39 is 6.10 Å². The quantitative estimate of drug-likeness (QED) is 0.921. The molecule has 5 heteroatoms. The molecule has 2 rings (SSSR count). The van der Waals surface area contributed by atoms with Crippen molar-refractivity contribution in [2.24, 2.45) is 0 Å². The molecule has 1 heterocycles. The van der Waals surface area contributed by atoms with Crippen molar-refractivity contribution in [1.82, 2.24) is 4.98 Å². The average molecular weight is 284 g/mol. The second-order valence-electron chi connectivity index (χ2n) is 3.75. The molecule has 0 radical (unpaired) electrons. The number of pyridine rings is 1.